The van der Waals surface area contributed by atoms with Crippen molar-refractivity contribution in [3.05, 3.63) is 59.1 Å². The summed E-state index contributed by atoms with van der Waals surface area (Å²) in [5, 5.41) is 5.07. The number of carbonyl (C=O) groups is 1. The number of amides is 1. The van der Waals surface area contributed by atoms with Crippen LogP contribution in [-0.2, 0) is 7.05 Å². The van der Waals surface area contributed by atoms with Crippen molar-refractivity contribution in [1.82, 2.24) is 14.8 Å². The lowest BCUT2D eigenvalue weighted by Gasteiger charge is -2.36. The predicted molar refractivity (Wildman–Crippen MR) is 126 cm³/mol. The molecule has 2 bridgehead atoms. The lowest BCUT2D eigenvalue weighted by atomic mass is 9.97. The molecule has 0 radical (unpaired) electrons. The van der Waals surface area contributed by atoms with E-state index in [1.807, 2.05) is 49.5 Å². The van der Waals surface area contributed by atoms with E-state index >= 15 is 0 Å². The molecule has 6 heteroatoms. The molecule has 158 valence electrons. The number of nitrogens with zero attached hydrogens (tertiary/aromatic N) is 2. The highest BCUT2D eigenvalue weighted by Crippen LogP contribution is 2.36. The topological polar surface area (TPSA) is 37.3 Å². The van der Waals surface area contributed by atoms with Crippen LogP contribution in [0.25, 0.3) is 22.2 Å². The van der Waals surface area contributed by atoms with Crippen LogP contribution in [0.15, 0.2) is 48.5 Å². The Morgan fingerprint density at radius 3 is 2.30 bits per heavy atom. The molecule has 2 unspecified atom stereocenters. The summed E-state index contributed by atoms with van der Waals surface area (Å²) in [5.74, 6) is 0.0284. The number of para-hydroxylation sites is 1. The second-order valence-corrected chi connectivity index (χ2v) is 8.94. The standard InChI is InChI=1S/C24H26ClN3O.ClH/c1-27-18-11-12-19(27)14-17(13-18)26-24(29)22-20-5-3-4-6-21(20)28(2)23(22)15-7-9-16(25)10-8-15;/h3-10,17-19H,11-14H2,1-2H3,(H,26,29);1H. The smallest absolute Gasteiger partial charge is 0.254 e. The first kappa shape index (κ1) is 21.2. The monoisotopic (exact) mass is 443 g/mol. The van der Waals surface area contributed by atoms with Gasteiger partial charge in [0.2, 0.25) is 0 Å². The van der Waals surface area contributed by atoms with Gasteiger partial charge in [0.1, 0.15) is 0 Å². The number of hydrogen-bond donors (Lipinski definition) is 1. The summed E-state index contributed by atoms with van der Waals surface area (Å²) in [6.07, 6.45) is 4.58. The normalized spacial score (nSPS) is 23.4. The second-order valence-electron chi connectivity index (χ2n) is 8.50. The third kappa shape index (κ3) is 3.51. The fourth-order valence-electron chi connectivity index (χ4n) is 5.36. The Bertz CT molecular complexity index is 1060. The highest BCUT2D eigenvalue weighted by molar-refractivity contribution is 6.30. The predicted octanol–water partition coefficient (Wildman–Crippen LogP) is 5.28. The Balaban J connectivity index is 0.00000218. The number of hydrogen-bond acceptors (Lipinski definition) is 2. The van der Waals surface area contributed by atoms with E-state index in [0.717, 1.165) is 40.6 Å². The molecular formula is C24H27Cl2N3O. The van der Waals surface area contributed by atoms with E-state index in [9.17, 15) is 4.79 Å². The van der Waals surface area contributed by atoms with Crippen LogP contribution in [-0.4, -0.2) is 40.5 Å². The maximum atomic E-state index is 13.6. The molecule has 4 nitrogen and oxygen atoms in total. The third-order valence-corrected chi connectivity index (χ3v) is 7.14. The summed E-state index contributed by atoms with van der Waals surface area (Å²) in [6.45, 7) is 0. The number of benzene rings is 2. The molecule has 2 atom stereocenters. The number of carbonyl (C=O) groups excluding carboxylic acids is 1. The molecule has 2 saturated heterocycles. The van der Waals surface area contributed by atoms with Gasteiger partial charge in [-0.3, -0.25) is 4.79 Å². The molecule has 0 spiro atoms. The van der Waals surface area contributed by atoms with Gasteiger partial charge in [0.25, 0.3) is 5.91 Å². The van der Waals surface area contributed by atoms with Crippen LogP contribution in [0, 0.1) is 0 Å². The summed E-state index contributed by atoms with van der Waals surface area (Å²) < 4.78 is 2.12. The van der Waals surface area contributed by atoms with Gasteiger partial charge in [-0.25, -0.2) is 0 Å². The van der Waals surface area contributed by atoms with Gasteiger partial charge in [-0.1, -0.05) is 41.9 Å². The van der Waals surface area contributed by atoms with E-state index in [0.29, 0.717) is 17.1 Å². The summed E-state index contributed by atoms with van der Waals surface area (Å²) in [7, 11) is 4.25. The van der Waals surface area contributed by atoms with Crippen molar-refractivity contribution in [3.63, 3.8) is 0 Å². The summed E-state index contributed by atoms with van der Waals surface area (Å²) in [5.41, 5.74) is 3.76. The van der Waals surface area contributed by atoms with Gasteiger partial charge in [-0.15, -0.1) is 12.4 Å². The fraction of sp³-hybridized carbons (Fsp3) is 0.375. The van der Waals surface area contributed by atoms with Crippen molar-refractivity contribution in [2.75, 3.05) is 7.05 Å². The molecule has 2 aromatic carbocycles. The van der Waals surface area contributed by atoms with Gasteiger partial charge in [-0.2, -0.15) is 0 Å². The SMILES string of the molecule is CN1C2CCC1CC(NC(=O)c1c(-c3ccc(Cl)cc3)n(C)c3ccccc13)C2.Cl. The fourth-order valence-corrected chi connectivity index (χ4v) is 5.48. The minimum atomic E-state index is 0. The quantitative estimate of drug-likeness (QED) is 0.597. The van der Waals surface area contributed by atoms with Crippen molar-refractivity contribution in [2.24, 2.45) is 7.05 Å². The zero-order chi connectivity index (χ0) is 20.1. The Morgan fingerprint density at radius 2 is 1.63 bits per heavy atom. The second kappa shape index (κ2) is 8.26. The minimum Gasteiger partial charge on any atom is -0.349 e. The lowest BCUT2D eigenvalue weighted by Crippen LogP contribution is -2.48. The van der Waals surface area contributed by atoms with Crippen LogP contribution in [0.1, 0.15) is 36.0 Å². The maximum absolute atomic E-state index is 13.6. The molecule has 2 aliphatic rings. The Morgan fingerprint density at radius 1 is 1.00 bits per heavy atom. The van der Waals surface area contributed by atoms with Crippen LogP contribution < -0.4 is 5.32 Å². The van der Waals surface area contributed by atoms with Gasteiger partial charge in [0.15, 0.2) is 0 Å². The number of aryl methyl sites for hydroxylation is 1. The number of rotatable bonds is 3. The molecule has 0 saturated carbocycles. The average Bonchev–Trinajstić information content (AvgIpc) is 3.11. The Hall–Kier alpha value is -2.01. The van der Waals surface area contributed by atoms with E-state index in [4.69, 9.17) is 11.6 Å². The van der Waals surface area contributed by atoms with Crippen molar-refractivity contribution in [1.29, 1.82) is 0 Å². The van der Waals surface area contributed by atoms with Crippen molar-refractivity contribution in [3.8, 4) is 11.3 Å². The number of aromatic nitrogens is 1. The number of nitrogens with one attached hydrogen (secondary N) is 1. The first-order valence-corrected chi connectivity index (χ1v) is 10.8. The molecule has 1 aromatic heterocycles. The van der Waals surface area contributed by atoms with Gasteiger partial charge in [0.05, 0.1) is 11.3 Å². The minimum absolute atomic E-state index is 0. The molecular weight excluding hydrogens is 417 g/mol. The summed E-state index contributed by atoms with van der Waals surface area (Å²) in [4.78, 5) is 16.1. The van der Waals surface area contributed by atoms with E-state index in [-0.39, 0.29) is 24.4 Å². The zero-order valence-corrected chi connectivity index (χ0v) is 18.8. The van der Waals surface area contributed by atoms with Crippen LogP contribution >= 0.6 is 24.0 Å². The molecule has 2 aliphatic heterocycles. The van der Waals surface area contributed by atoms with Gasteiger partial charge in [0, 0.05) is 41.1 Å². The maximum Gasteiger partial charge on any atom is 0.254 e. The van der Waals surface area contributed by atoms with Gasteiger partial charge in [-0.05, 0) is 56.5 Å². The first-order valence-electron chi connectivity index (χ1n) is 10.4. The third-order valence-electron chi connectivity index (χ3n) is 6.89. The average molecular weight is 444 g/mol. The molecule has 3 heterocycles. The molecule has 30 heavy (non-hydrogen) atoms. The lowest BCUT2D eigenvalue weighted by molar-refractivity contribution is 0.0884. The van der Waals surface area contributed by atoms with Crippen LogP contribution in [0.3, 0.4) is 0 Å². The molecule has 0 aliphatic carbocycles. The van der Waals surface area contributed by atoms with Crippen molar-refractivity contribution < 1.29 is 4.79 Å². The summed E-state index contributed by atoms with van der Waals surface area (Å²) >= 11 is 6.10. The highest BCUT2D eigenvalue weighted by Gasteiger charge is 2.39. The van der Waals surface area contributed by atoms with Crippen LogP contribution in [0.2, 0.25) is 5.02 Å². The number of piperidine rings is 1. The molecule has 5 rings (SSSR count). The van der Waals surface area contributed by atoms with Crippen molar-refractivity contribution >= 4 is 40.8 Å². The van der Waals surface area contributed by atoms with Gasteiger partial charge < -0.3 is 14.8 Å². The zero-order valence-electron chi connectivity index (χ0n) is 17.3. The highest BCUT2D eigenvalue weighted by atomic mass is 35.5. The van der Waals surface area contributed by atoms with E-state index in [2.05, 4.69) is 27.9 Å². The molecule has 1 N–H and O–H groups in total. The van der Waals surface area contributed by atoms with E-state index < -0.39 is 0 Å². The largest absolute Gasteiger partial charge is 0.349 e. The molecule has 3 aromatic rings. The van der Waals surface area contributed by atoms with Crippen LogP contribution in [0.4, 0.5) is 0 Å². The first-order chi connectivity index (χ1) is 14.0. The molecule has 2 fully saturated rings. The number of fused-ring (bicyclic) bond motifs is 3. The van der Waals surface area contributed by atoms with E-state index in [1.54, 1.807) is 0 Å². The molecule has 1 amide bonds. The Kier molecular flexibility index (Phi) is 5.84. The van der Waals surface area contributed by atoms with E-state index in [1.165, 1.54) is 12.8 Å². The van der Waals surface area contributed by atoms with Gasteiger partial charge >= 0.3 is 0 Å². The van der Waals surface area contributed by atoms with Crippen LogP contribution in [0.5, 0.6) is 0 Å². The number of halogens is 2. The summed E-state index contributed by atoms with van der Waals surface area (Å²) in [6, 6.07) is 17.3. The van der Waals surface area contributed by atoms with Crippen molar-refractivity contribution in [2.45, 2.75) is 43.8 Å². The Labute approximate surface area is 188 Å².